The van der Waals surface area contributed by atoms with Gasteiger partial charge in [0.2, 0.25) is 0 Å². The Morgan fingerprint density at radius 3 is 3.06 bits per heavy atom. The predicted molar refractivity (Wildman–Crippen MR) is 65.7 cm³/mol. The van der Waals surface area contributed by atoms with E-state index in [1.54, 1.807) is 0 Å². The van der Waals surface area contributed by atoms with Crippen LogP contribution in [0.25, 0.3) is 0 Å². The second-order valence-electron chi connectivity index (χ2n) is 4.44. The molecule has 88 valence electrons. The van der Waals surface area contributed by atoms with Gasteiger partial charge in [-0.05, 0) is 31.5 Å². The minimum Gasteiger partial charge on any atom is -0.488 e. The summed E-state index contributed by atoms with van der Waals surface area (Å²) in [4.78, 5) is 0. The summed E-state index contributed by atoms with van der Waals surface area (Å²) >= 11 is 0. The van der Waals surface area contributed by atoms with E-state index in [9.17, 15) is 0 Å². The van der Waals surface area contributed by atoms with Crippen LogP contribution in [0.2, 0.25) is 0 Å². The van der Waals surface area contributed by atoms with Crippen LogP contribution in [-0.2, 0) is 6.42 Å². The van der Waals surface area contributed by atoms with Crippen LogP contribution in [0.5, 0.6) is 5.75 Å². The van der Waals surface area contributed by atoms with Crippen LogP contribution >= 0.6 is 0 Å². The Morgan fingerprint density at radius 1 is 1.50 bits per heavy atom. The van der Waals surface area contributed by atoms with Crippen LogP contribution in [0.15, 0.2) is 24.3 Å². The highest BCUT2D eigenvalue weighted by Gasteiger charge is 2.22. The monoisotopic (exact) mass is 220 g/mol. The fraction of sp³-hybridized carbons (Fsp3) is 0.538. The standard InChI is InChI=1S/C13H20N2O/c1-10(6-7-14)15-9-12-8-11-4-2-3-5-13(11)16-12/h2-5,10,12,15H,6-9,14H2,1H3. The molecule has 2 atom stereocenters. The second kappa shape index (κ2) is 5.32. The van der Waals surface area contributed by atoms with Gasteiger partial charge in [0.1, 0.15) is 11.9 Å². The van der Waals surface area contributed by atoms with Crippen molar-refractivity contribution in [2.45, 2.75) is 31.9 Å². The van der Waals surface area contributed by atoms with Crippen LogP contribution < -0.4 is 15.8 Å². The molecule has 3 heteroatoms. The maximum Gasteiger partial charge on any atom is 0.123 e. The van der Waals surface area contributed by atoms with Gasteiger partial charge < -0.3 is 15.8 Å². The van der Waals surface area contributed by atoms with Gasteiger partial charge in [0.05, 0.1) is 0 Å². The summed E-state index contributed by atoms with van der Waals surface area (Å²) in [5.74, 6) is 1.04. The average molecular weight is 220 g/mol. The van der Waals surface area contributed by atoms with Crippen molar-refractivity contribution in [2.24, 2.45) is 5.73 Å². The summed E-state index contributed by atoms with van der Waals surface area (Å²) in [5.41, 5.74) is 6.83. The van der Waals surface area contributed by atoms with Gasteiger partial charge in [-0.3, -0.25) is 0 Å². The molecule has 1 heterocycles. The van der Waals surface area contributed by atoms with Crippen LogP contribution in [-0.4, -0.2) is 25.2 Å². The number of benzene rings is 1. The number of nitrogens with two attached hydrogens (primary N) is 1. The molecule has 0 fully saturated rings. The zero-order valence-electron chi connectivity index (χ0n) is 9.78. The molecule has 0 radical (unpaired) electrons. The smallest absolute Gasteiger partial charge is 0.123 e. The van der Waals surface area contributed by atoms with Crippen molar-refractivity contribution in [1.29, 1.82) is 0 Å². The summed E-state index contributed by atoms with van der Waals surface area (Å²) in [6, 6.07) is 8.73. The lowest BCUT2D eigenvalue weighted by Gasteiger charge is -2.16. The highest BCUT2D eigenvalue weighted by Crippen LogP contribution is 2.27. The first-order valence-corrected chi connectivity index (χ1v) is 5.97. The zero-order valence-corrected chi connectivity index (χ0v) is 9.78. The number of hydrogen-bond acceptors (Lipinski definition) is 3. The number of ether oxygens (including phenoxy) is 1. The number of hydrogen-bond donors (Lipinski definition) is 2. The zero-order chi connectivity index (χ0) is 11.4. The third-order valence-electron chi connectivity index (χ3n) is 3.01. The van der Waals surface area contributed by atoms with Crippen LogP contribution in [0.3, 0.4) is 0 Å². The molecular formula is C13H20N2O. The van der Waals surface area contributed by atoms with Crippen LogP contribution in [0.4, 0.5) is 0 Å². The first-order valence-electron chi connectivity index (χ1n) is 5.97. The fourth-order valence-electron chi connectivity index (χ4n) is 2.05. The summed E-state index contributed by atoms with van der Waals surface area (Å²) < 4.78 is 5.84. The molecule has 0 aliphatic carbocycles. The van der Waals surface area contributed by atoms with Gasteiger partial charge in [-0.1, -0.05) is 18.2 Å². The molecule has 2 rings (SSSR count). The van der Waals surface area contributed by atoms with E-state index in [2.05, 4.69) is 24.4 Å². The minimum atomic E-state index is 0.276. The Balaban J connectivity index is 1.79. The van der Waals surface area contributed by atoms with Gasteiger partial charge in [0.15, 0.2) is 0 Å². The molecule has 0 bridgehead atoms. The minimum absolute atomic E-state index is 0.276. The quantitative estimate of drug-likeness (QED) is 0.786. The van der Waals surface area contributed by atoms with E-state index < -0.39 is 0 Å². The maximum atomic E-state index is 5.84. The van der Waals surface area contributed by atoms with Gasteiger partial charge in [-0.2, -0.15) is 0 Å². The van der Waals surface area contributed by atoms with Crippen molar-refractivity contribution in [3.8, 4) is 5.75 Å². The second-order valence-corrected chi connectivity index (χ2v) is 4.44. The lowest BCUT2D eigenvalue weighted by molar-refractivity contribution is 0.221. The fourth-order valence-corrected chi connectivity index (χ4v) is 2.05. The Kier molecular flexibility index (Phi) is 3.80. The van der Waals surface area contributed by atoms with Crippen molar-refractivity contribution < 1.29 is 4.74 Å². The van der Waals surface area contributed by atoms with Crippen molar-refractivity contribution in [1.82, 2.24) is 5.32 Å². The summed E-state index contributed by atoms with van der Waals surface area (Å²) in [5, 5.41) is 3.46. The van der Waals surface area contributed by atoms with Crippen molar-refractivity contribution in [2.75, 3.05) is 13.1 Å². The lowest BCUT2D eigenvalue weighted by atomic mass is 10.1. The molecular weight excluding hydrogens is 200 g/mol. The molecule has 3 N–H and O–H groups in total. The largest absolute Gasteiger partial charge is 0.488 e. The van der Waals surface area contributed by atoms with Gasteiger partial charge in [0, 0.05) is 19.0 Å². The average Bonchev–Trinajstić information content (AvgIpc) is 2.69. The van der Waals surface area contributed by atoms with Crippen molar-refractivity contribution >= 4 is 0 Å². The number of para-hydroxylation sites is 1. The Labute approximate surface area is 97.0 Å². The first kappa shape index (κ1) is 11.4. The van der Waals surface area contributed by atoms with Crippen LogP contribution in [0, 0.1) is 0 Å². The highest BCUT2D eigenvalue weighted by atomic mass is 16.5. The number of nitrogens with one attached hydrogen (secondary N) is 1. The molecule has 1 aromatic rings. The van der Waals surface area contributed by atoms with E-state index >= 15 is 0 Å². The van der Waals surface area contributed by atoms with Gasteiger partial charge in [-0.15, -0.1) is 0 Å². The van der Waals surface area contributed by atoms with Gasteiger partial charge in [-0.25, -0.2) is 0 Å². The topological polar surface area (TPSA) is 47.3 Å². The first-order chi connectivity index (χ1) is 7.79. The SMILES string of the molecule is CC(CCN)NCC1Cc2ccccc2O1. The molecule has 1 aliphatic rings. The predicted octanol–water partition coefficient (Wildman–Crippen LogP) is 1.32. The number of fused-ring (bicyclic) bond motifs is 1. The highest BCUT2D eigenvalue weighted by molar-refractivity contribution is 5.37. The Bertz CT molecular complexity index is 315. The third-order valence-corrected chi connectivity index (χ3v) is 3.01. The molecule has 3 nitrogen and oxygen atoms in total. The Hall–Kier alpha value is -1.06. The molecule has 0 saturated heterocycles. The third kappa shape index (κ3) is 2.74. The van der Waals surface area contributed by atoms with Gasteiger partial charge >= 0.3 is 0 Å². The van der Waals surface area contributed by atoms with E-state index in [1.165, 1.54) is 5.56 Å². The summed E-state index contributed by atoms with van der Waals surface area (Å²) in [7, 11) is 0. The molecule has 1 aromatic carbocycles. The molecule has 0 saturated carbocycles. The molecule has 0 spiro atoms. The summed E-state index contributed by atoms with van der Waals surface area (Å²) in [6.07, 6.45) is 2.30. The maximum absolute atomic E-state index is 5.84. The Morgan fingerprint density at radius 2 is 2.31 bits per heavy atom. The molecule has 0 amide bonds. The summed E-state index contributed by atoms with van der Waals surface area (Å²) in [6.45, 7) is 3.80. The molecule has 1 aliphatic heterocycles. The van der Waals surface area contributed by atoms with Gasteiger partial charge in [0.25, 0.3) is 0 Å². The van der Waals surface area contributed by atoms with E-state index in [0.29, 0.717) is 6.04 Å². The van der Waals surface area contributed by atoms with E-state index in [1.807, 2.05) is 12.1 Å². The van der Waals surface area contributed by atoms with E-state index in [-0.39, 0.29) is 6.10 Å². The molecule has 2 unspecified atom stereocenters. The van der Waals surface area contributed by atoms with E-state index in [4.69, 9.17) is 10.5 Å². The van der Waals surface area contributed by atoms with E-state index in [0.717, 1.165) is 31.7 Å². The molecule has 0 aromatic heterocycles. The van der Waals surface area contributed by atoms with Crippen LogP contribution in [0.1, 0.15) is 18.9 Å². The molecule has 16 heavy (non-hydrogen) atoms. The number of rotatable bonds is 5. The normalized spacial score (nSPS) is 20.2. The lowest BCUT2D eigenvalue weighted by Crippen LogP contribution is -2.36. The van der Waals surface area contributed by atoms with Crippen molar-refractivity contribution in [3.63, 3.8) is 0 Å². The van der Waals surface area contributed by atoms with Crippen molar-refractivity contribution in [3.05, 3.63) is 29.8 Å².